The molecule has 18 heavy (non-hydrogen) atoms. The number of nitrogens with two attached hydrogens (primary N) is 1. The second-order valence-electron chi connectivity index (χ2n) is 4.23. The summed E-state index contributed by atoms with van der Waals surface area (Å²) in [4.78, 5) is 11.2. The Morgan fingerprint density at radius 3 is 2.89 bits per heavy atom. The smallest absolute Gasteiger partial charge is 0.307 e. The fourth-order valence-corrected chi connectivity index (χ4v) is 2.18. The van der Waals surface area contributed by atoms with Crippen LogP contribution in [0.25, 0.3) is 10.9 Å². The third-order valence-corrected chi connectivity index (χ3v) is 3.07. The Kier molecular flexibility index (Phi) is 3.99. The molecule has 2 N–H and O–H groups in total. The molecular formula is C14H18N2O2. The number of hydrogen-bond acceptors (Lipinski definition) is 3. The Hall–Kier alpha value is -1.81. The zero-order chi connectivity index (χ0) is 13.0. The van der Waals surface area contributed by atoms with Gasteiger partial charge in [-0.1, -0.05) is 18.2 Å². The molecule has 0 spiro atoms. The van der Waals surface area contributed by atoms with Gasteiger partial charge in [0.15, 0.2) is 0 Å². The van der Waals surface area contributed by atoms with Crippen molar-refractivity contribution in [3.05, 3.63) is 36.0 Å². The summed E-state index contributed by atoms with van der Waals surface area (Å²) in [5, 5.41) is 1.22. The number of esters is 1. The van der Waals surface area contributed by atoms with Gasteiger partial charge in [-0.3, -0.25) is 4.79 Å². The van der Waals surface area contributed by atoms with Crippen LogP contribution in [-0.2, 0) is 22.5 Å². The Balaban J connectivity index is 2.29. The molecule has 4 heteroatoms. The predicted molar refractivity (Wildman–Crippen MR) is 71.3 cm³/mol. The van der Waals surface area contributed by atoms with Crippen LogP contribution in [0, 0.1) is 0 Å². The molecule has 0 bridgehead atoms. The Bertz CT molecular complexity index is 546. The molecule has 0 amide bonds. The highest BCUT2D eigenvalue weighted by atomic mass is 16.5. The molecule has 0 aliphatic heterocycles. The van der Waals surface area contributed by atoms with Crippen molar-refractivity contribution in [2.75, 3.05) is 13.7 Å². The Labute approximate surface area is 106 Å². The number of fused-ring (bicyclic) bond motifs is 1. The first kappa shape index (κ1) is 12.6. The number of aryl methyl sites for hydroxylation is 1. The van der Waals surface area contributed by atoms with Gasteiger partial charge in [-0.15, -0.1) is 0 Å². The van der Waals surface area contributed by atoms with E-state index >= 15 is 0 Å². The minimum atomic E-state index is -0.187. The summed E-state index contributed by atoms with van der Waals surface area (Å²) in [6.07, 6.45) is 3.32. The normalized spacial score (nSPS) is 10.8. The Morgan fingerprint density at radius 1 is 1.39 bits per heavy atom. The summed E-state index contributed by atoms with van der Waals surface area (Å²) in [5.74, 6) is -0.187. The number of methoxy groups -OCH3 is 1. The number of benzene rings is 1. The first-order valence-corrected chi connectivity index (χ1v) is 6.10. The van der Waals surface area contributed by atoms with Crippen molar-refractivity contribution >= 4 is 16.9 Å². The molecule has 0 saturated carbocycles. The SMILES string of the molecule is COC(=O)CCn1cc(CCN)c2ccccc21. The number of carbonyl (C=O) groups excluding carboxylic acids is 1. The molecule has 2 aromatic rings. The van der Waals surface area contributed by atoms with Gasteiger partial charge in [0.1, 0.15) is 0 Å². The second-order valence-corrected chi connectivity index (χ2v) is 4.23. The quantitative estimate of drug-likeness (QED) is 0.817. The van der Waals surface area contributed by atoms with E-state index in [4.69, 9.17) is 5.73 Å². The predicted octanol–water partition coefficient (Wildman–Crippen LogP) is 1.71. The summed E-state index contributed by atoms with van der Waals surface area (Å²) in [6, 6.07) is 8.18. The van der Waals surface area contributed by atoms with Gasteiger partial charge in [0.05, 0.1) is 13.5 Å². The lowest BCUT2D eigenvalue weighted by Crippen LogP contribution is -2.06. The first-order chi connectivity index (χ1) is 8.76. The van der Waals surface area contributed by atoms with E-state index in [1.807, 2.05) is 12.1 Å². The minimum absolute atomic E-state index is 0.187. The van der Waals surface area contributed by atoms with Crippen molar-refractivity contribution in [1.82, 2.24) is 4.57 Å². The lowest BCUT2D eigenvalue weighted by atomic mass is 10.1. The molecule has 1 aromatic carbocycles. The molecule has 0 atom stereocenters. The van der Waals surface area contributed by atoms with Crippen LogP contribution >= 0.6 is 0 Å². The van der Waals surface area contributed by atoms with E-state index in [0.717, 1.165) is 11.9 Å². The first-order valence-electron chi connectivity index (χ1n) is 6.10. The highest BCUT2D eigenvalue weighted by Gasteiger charge is 2.08. The van der Waals surface area contributed by atoms with E-state index in [9.17, 15) is 4.79 Å². The van der Waals surface area contributed by atoms with E-state index in [-0.39, 0.29) is 5.97 Å². The molecule has 0 aliphatic carbocycles. The maximum absolute atomic E-state index is 11.2. The van der Waals surface area contributed by atoms with Gasteiger partial charge in [-0.25, -0.2) is 0 Å². The lowest BCUT2D eigenvalue weighted by molar-refractivity contribution is -0.140. The third kappa shape index (κ3) is 2.54. The molecule has 0 fully saturated rings. The van der Waals surface area contributed by atoms with Gasteiger partial charge in [0, 0.05) is 23.6 Å². The average molecular weight is 246 g/mol. The molecule has 2 rings (SSSR count). The van der Waals surface area contributed by atoms with Gasteiger partial charge in [-0.2, -0.15) is 0 Å². The summed E-state index contributed by atoms with van der Waals surface area (Å²) < 4.78 is 6.76. The molecule has 96 valence electrons. The van der Waals surface area contributed by atoms with Gasteiger partial charge in [0.2, 0.25) is 0 Å². The Morgan fingerprint density at radius 2 is 2.17 bits per heavy atom. The van der Waals surface area contributed by atoms with Crippen LogP contribution < -0.4 is 5.73 Å². The second kappa shape index (κ2) is 5.69. The average Bonchev–Trinajstić information content (AvgIpc) is 2.75. The van der Waals surface area contributed by atoms with E-state index in [1.54, 1.807) is 0 Å². The van der Waals surface area contributed by atoms with Crippen molar-refractivity contribution < 1.29 is 9.53 Å². The number of para-hydroxylation sites is 1. The fraction of sp³-hybridized carbons (Fsp3) is 0.357. The fourth-order valence-electron chi connectivity index (χ4n) is 2.18. The minimum Gasteiger partial charge on any atom is -0.469 e. The number of carbonyl (C=O) groups is 1. The van der Waals surface area contributed by atoms with Crippen LogP contribution in [0.5, 0.6) is 0 Å². The van der Waals surface area contributed by atoms with Gasteiger partial charge >= 0.3 is 5.97 Å². The summed E-state index contributed by atoms with van der Waals surface area (Å²) in [6.45, 7) is 1.27. The molecule has 4 nitrogen and oxygen atoms in total. The summed E-state index contributed by atoms with van der Waals surface area (Å²) >= 11 is 0. The number of hydrogen-bond donors (Lipinski definition) is 1. The van der Waals surface area contributed by atoms with Crippen LogP contribution in [0.4, 0.5) is 0 Å². The van der Waals surface area contributed by atoms with Crippen LogP contribution in [-0.4, -0.2) is 24.2 Å². The monoisotopic (exact) mass is 246 g/mol. The lowest BCUT2D eigenvalue weighted by Gasteiger charge is -2.03. The van der Waals surface area contributed by atoms with Gasteiger partial charge in [0.25, 0.3) is 0 Å². The van der Waals surface area contributed by atoms with Crippen LogP contribution in [0.1, 0.15) is 12.0 Å². The van der Waals surface area contributed by atoms with E-state index in [0.29, 0.717) is 19.5 Å². The number of ether oxygens (including phenoxy) is 1. The molecule has 0 radical (unpaired) electrons. The molecule has 0 unspecified atom stereocenters. The number of rotatable bonds is 5. The standard InChI is InChI=1S/C14H18N2O2/c1-18-14(17)7-9-16-10-11(6-8-15)12-4-2-3-5-13(12)16/h2-5,10H,6-9,15H2,1H3. The van der Waals surface area contributed by atoms with Gasteiger partial charge < -0.3 is 15.0 Å². The number of nitrogens with zero attached hydrogens (tertiary/aromatic N) is 1. The van der Waals surface area contributed by atoms with E-state index in [2.05, 4.69) is 27.6 Å². The molecule has 1 heterocycles. The molecular weight excluding hydrogens is 228 g/mol. The van der Waals surface area contributed by atoms with Crippen molar-refractivity contribution in [2.45, 2.75) is 19.4 Å². The topological polar surface area (TPSA) is 57.2 Å². The van der Waals surface area contributed by atoms with Gasteiger partial charge in [-0.05, 0) is 24.6 Å². The third-order valence-electron chi connectivity index (χ3n) is 3.07. The molecule has 1 aromatic heterocycles. The number of aromatic nitrogens is 1. The van der Waals surface area contributed by atoms with Crippen LogP contribution in [0.15, 0.2) is 30.5 Å². The zero-order valence-corrected chi connectivity index (χ0v) is 10.6. The molecule has 0 saturated heterocycles. The van der Waals surface area contributed by atoms with Crippen LogP contribution in [0.2, 0.25) is 0 Å². The molecule has 0 aliphatic rings. The largest absolute Gasteiger partial charge is 0.469 e. The highest BCUT2D eigenvalue weighted by molar-refractivity contribution is 5.84. The zero-order valence-electron chi connectivity index (χ0n) is 10.6. The van der Waals surface area contributed by atoms with Crippen molar-refractivity contribution in [1.29, 1.82) is 0 Å². The maximum atomic E-state index is 11.2. The van der Waals surface area contributed by atoms with E-state index < -0.39 is 0 Å². The van der Waals surface area contributed by atoms with Crippen molar-refractivity contribution in [2.24, 2.45) is 5.73 Å². The summed E-state index contributed by atoms with van der Waals surface area (Å²) in [7, 11) is 1.41. The van der Waals surface area contributed by atoms with E-state index in [1.165, 1.54) is 18.1 Å². The summed E-state index contributed by atoms with van der Waals surface area (Å²) in [5.41, 5.74) is 8.00. The van der Waals surface area contributed by atoms with Crippen molar-refractivity contribution in [3.63, 3.8) is 0 Å². The highest BCUT2D eigenvalue weighted by Crippen LogP contribution is 2.21. The maximum Gasteiger partial charge on any atom is 0.307 e. The van der Waals surface area contributed by atoms with Crippen molar-refractivity contribution in [3.8, 4) is 0 Å². The van der Waals surface area contributed by atoms with Crippen LogP contribution in [0.3, 0.4) is 0 Å².